The zero-order valence-corrected chi connectivity index (χ0v) is 23.0. The Labute approximate surface area is 223 Å². The molecule has 3 aromatic rings. The number of fused-ring (bicyclic) bond motifs is 1. The van der Waals surface area contributed by atoms with Gasteiger partial charge in [0.25, 0.3) is 0 Å². The van der Waals surface area contributed by atoms with E-state index in [2.05, 4.69) is 9.34 Å². The molecule has 0 radical (unpaired) electrons. The van der Waals surface area contributed by atoms with Crippen molar-refractivity contribution in [3.8, 4) is 0 Å². The van der Waals surface area contributed by atoms with Gasteiger partial charge in [-0.3, -0.25) is 0 Å². The maximum Gasteiger partial charge on any atom is 0.348 e. The largest absolute Gasteiger partial charge is 0.465 e. The molecule has 1 fully saturated rings. The smallest absolute Gasteiger partial charge is 0.348 e. The lowest BCUT2D eigenvalue weighted by Crippen LogP contribution is -2.42. The maximum absolute atomic E-state index is 13.8. The van der Waals surface area contributed by atoms with Crippen LogP contribution in [0.25, 0.3) is 0 Å². The van der Waals surface area contributed by atoms with E-state index in [-0.39, 0.29) is 5.82 Å². The van der Waals surface area contributed by atoms with E-state index in [1.54, 1.807) is 30.3 Å². The lowest BCUT2D eigenvalue weighted by molar-refractivity contribution is 0.0606. The van der Waals surface area contributed by atoms with Crippen LogP contribution in [0.1, 0.15) is 34.5 Å². The van der Waals surface area contributed by atoms with Crippen LogP contribution in [0, 0.1) is 5.82 Å². The van der Waals surface area contributed by atoms with Gasteiger partial charge in [0.15, 0.2) is 7.36 Å². The van der Waals surface area contributed by atoms with E-state index in [0.717, 1.165) is 43.2 Å². The first-order valence-corrected chi connectivity index (χ1v) is 14.7. The number of carbonyl (C=O) groups excluding carboxylic acids is 1. The van der Waals surface area contributed by atoms with E-state index in [9.17, 15) is 9.18 Å². The van der Waals surface area contributed by atoms with Gasteiger partial charge < -0.3 is 9.41 Å². The fourth-order valence-electron chi connectivity index (χ4n) is 4.59. The predicted molar refractivity (Wildman–Crippen MR) is 147 cm³/mol. The van der Waals surface area contributed by atoms with Crippen molar-refractivity contribution in [1.29, 1.82) is 0 Å². The minimum Gasteiger partial charge on any atom is -0.465 e. The Kier molecular flexibility index (Phi) is 7.25. The molecule has 0 N–H and O–H groups in total. The number of benzene rings is 2. The third-order valence-electron chi connectivity index (χ3n) is 6.34. The monoisotopic (exact) mass is 564 g/mol. The summed E-state index contributed by atoms with van der Waals surface area (Å²) in [6.45, 7) is 1.65. The summed E-state index contributed by atoms with van der Waals surface area (Å²) in [5.41, 5.74) is 1.25. The second-order valence-electron chi connectivity index (χ2n) is 8.51. The molecule has 0 bridgehead atoms. The number of methoxy groups -OCH3 is 1. The van der Waals surface area contributed by atoms with Gasteiger partial charge in [0, 0.05) is 25.7 Å². The number of amidine groups is 1. The van der Waals surface area contributed by atoms with Gasteiger partial charge in [-0.05, 0) is 55.3 Å². The molecule has 188 valence electrons. The molecule has 6 nitrogen and oxygen atoms in total. The van der Waals surface area contributed by atoms with Gasteiger partial charge in [0.05, 0.1) is 22.5 Å². The number of thiophene rings is 1. The van der Waals surface area contributed by atoms with Gasteiger partial charge in [0.1, 0.15) is 27.2 Å². The average Bonchev–Trinajstić information content (AvgIpc) is 3.32. The molecule has 2 aliphatic heterocycles. The summed E-state index contributed by atoms with van der Waals surface area (Å²) in [6.07, 6.45) is 3.18. The number of rotatable bonds is 4. The van der Waals surface area contributed by atoms with Gasteiger partial charge in [-0.2, -0.15) is 0 Å². The number of hydrogen-bond donors (Lipinski definition) is 0. The van der Waals surface area contributed by atoms with E-state index in [4.69, 9.17) is 37.7 Å². The highest BCUT2D eigenvalue weighted by Gasteiger charge is 2.44. The van der Waals surface area contributed by atoms with Crippen LogP contribution in [0.15, 0.2) is 58.3 Å². The van der Waals surface area contributed by atoms with Crippen molar-refractivity contribution in [2.24, 2.45) is 9.74 Å². The molecule has 2 aromatic carbocycles. The molecule has 36 heavy (non-hydrogen) atoms. The Morgan fingerprint density at radius 2 is 1.78 bits per heavy atom. The van der Waals surface area contributed by atoms with Gasteiger partial charge >= 0.3 is 5.97 Å². The third-order valence-corrected chi connectivity index (χ3v) is 11.8. The minimum absolute atomic E-state index is 0.327. The number of nitrogens with zero attached hydrogens (tertiary/aromatic N) is 4. The molecular weight excluding hydrogens is 541 g/mol. The SMILES string of the molecule is COC(=O)c1cc2c(s1)N=C(c1ccc(F)cc1)N(C)[P@]2(=Nc1c(Cl)cccc1Cl)N1CCCCC1. The van der Waals surface area contributed by atoms with Crippen molar-refractivity contribution in [2.45, 2.75) is 19.3 Å². The van der Waals surface area contributed by atoms with Crippen LogP contribution in [0.5, 0.6) is 0 Å². The van der Waals surface area contributed by atoms with Crippen molar-refractivity contribution in [3.63, 3.8) is 0 Å². The molecule has 1 aromatic heterocycles. The Morgan fingerprint density at radius 1 is 1.11 bits per heavy atom. The summed E-state index contributed by atoms with van der Waals surface area (Å²) < 4.78 is 28.7. The van der Waals surface area contributed by atoms with Gasteiger partial charge in [-0.25, -0.2) is 23.6 Å². The van der Waals surface area contributed by atoms with Crippen LogP contribution in [-0.2, 0) is 4.74 Å². The van der Waals surface area contributed by atoms with Crippen LogP contribution in [0.4, 0.5) is 15.1 Å². The molecule has 1 saturated heterocycles. The van der Waals surface area contributed by atoms with Crippen LogP contribution in [0.2, 0.25) is 10.0 Å². The number of hydrogen-bond acceptors (Lipinski definition) is 5. The second-order valence-corrected chi connectivity index (χ2v) is 13.3. The lowest BCUT2D eigenvalue weighted by atomic mass is 10.2. The number of esters is 1. The van der Waals surface area contributed by atoms with Gasteiger partial charge in [0.2, 0.25) is 0 Å². The first-order chi connectivity index (χ1) is 17.3. The fraction of sp³-hybridized carbons (Fsp3) is 0.280. The molecule has 0 amide bonds. The second kappa shape index (κ2) is 10.3. The van der Waals surface area contributed by atoms with Crippen molar-refractivity contribution in [2.75, 3.05) is 27.2 Å². The van der Waals surface area contributed by atoms with Crippen LogP contribution in [0.3, 0.4) is 0 Å². The number of halogens is 3. The zero-order valence-electron chi connectivity index (χ0n) is 19.7. The highest BCUT2D eigenvalue weighted by Crippen LogP contribution is 2.63. The quantitative estimate of drug-likeness (QED) is 0.243. The van der Waals surface area contributed by atoms with E-state index in [1.807, 2.05) is 13.1 Å². The lowest BCUT2D eigenvalue weighted by Gasteiger charge is -2.46. The van der Waals surface area contributed by atoms with Crippen molar-refractivity contribution < 1.29 is 13.9 Å². The first-order valence-electron chi connectivity index (χ1n) is 11.5. The number of carbonyl (C=O) groups is 1. The minimum atomic E-state index is -2.78. The van der Waals surface area contributed by atoms with Crippen LogP contribution < -0.4 is 5.30 Å². The summed E-state index contributed by atoms with van der Waals surface area (Å²) in [5.74, 6) is -0.109. The Bertz CT molecular complexity index is 1380. The molecule has 5 rings (SSSR count). The predicted octanol–water partition coefficient (Wildman–Crippen LogP) is 7.48. The number of piperidine rings is 1. The van der Waals surface area contributed by atoms with Crippen molar-refractivity contribution in [1.82, 2.24) is 9.34 Å². The van der Waals surface area contributed by atoms with E-state index >= 15 is 0 Å². The molecule has 0 spiro atoms. The summed E-state index contributed by atoms with van der Waals surface area (Å²) in [6, 6.07) is 13.4. The van der Waals surface area contributed by atoms with Gasteiger partial charge in [-0.1, -0.05) is 35.7 Å². The highest BCUT2D eigenvalue weighted by molar-refractivity contribution is 7.71. The Hall–Kier alpha value is -2.22. The molecule has 2 aliphatic rings. The van der Waals surface area contributed by atoms with Gasteiger partial charge in [-0.15, -0.1) is 11.3 Å². The molecule has 11 heteroatoms. The number of aliphatic imine (C=N–C) groups is 1. The van der Waals surface area contributed by atoms with Crippen molar-refractivity contribution in [3.05, 3.63) is 74.8 Å². The maximum atomic E-state index is 13.8. The summed E-state index contributed by atoms with van der Waals surface area (Å²) in [5, 5.41) is 2.43. The molecular formula is C25H24Cl2FN4O2PS. The van der Waals surface area contributed by atoms with Crippen LogP contribution >= 0.6 is 41.9 Å². The average molecular weight is 565 g/mol. The normalized spacial score (nSPS) is 20.0. The first kappa shape index (κ1) is 25.4. The van der Waals surface area contributed by atoms with Crippen LogP contribution in [-0.4, -0.2) is 48.4 Å². The fourth-order valence-corrected chi connectivity index (χ4v) is 10.4. The summed E-state index contributed by atoms with van der Waals surface area (Å²) in [7, 11) is 0.534. The molecule has 1 atom stereocenters. The van der Waals surface area contributed by atoms with Crippen molar-refractivity contribution >= 4 is 69.7 Å². The highest BCUT2D eigenvalue weighted by atomic mass is 35.5. The molecule has 0 saturated carbocycles. The topological polar surface area (TPSA) is 57.5 Å². The standard InChI is InChI=1S/C25H24Cl2FN4O2PS/c1-31-23(16-9-11-17(28)12-10-16)29-24-20(15-21(36-24)25(33)34-2)35(31,32-13-4-3-5-14-32)30-22-18(26)7-6-8-19(22)27/h6-12,15H,3-5,13-14H2,1-2H3/t35-/m0/s1. The Morgan fingerprint density at radius 3 is 2.42 bits per heavy atom. The number of ether oxygens (including phenoxy) is 1. The van der Waals surface area contributed by atoms with E-state index < -0.39 is 13.3 Å². The Balaban J connectivity index is 1.85. The summed E-state index contributed by atoms with van der Waals surface area (Å²) >= 11 is 14.5. The zero-order chi connectivity index (χ0) is 25.4. The van der Waals surface area contributed by atoms with E-state index in [1.165, 1.54) is 30.6 Å². The molecule has 0 unspecified atom stereocenters. The molecule has 0 aliphatic carbocycles. The molecule has 3 heterocycles. The third kappa shape index (κ3) is 4.39. The van der Waals surface area contributed by atoms with E-state index in [0.29, 0.717) is 31.4 Å². The summed E-state index contributed by atoms with van der Waals surface area (Å²) in [4.78, 5) is 18.0.